The SMILES string of the molecule is COc1ccc(S(=O)(=O)Nc2nc(C)c(Cc3cccc(Cl)c3)c(=O)[nH]2)cc1OC. The minimum Gasteiger partial charge on any atom is -0.493 e. The number of methoxy groups -OCH3 is 2. The van der Waals surface area contributed by atoms with Gasteiger partial charge in [-0.1, -0.05) is 23.7 Å². The number of aromatic amines is 1. The van der Waals surface area contributed by atoms with Gasteiger partial charge in [0.2, 0.25) is 5.95 Å². The van der Waals surface area contributed by atoms with Crippen LogP contribution in [0.1, 0.15) is 16.8 Å². The predicted molar refractivity (Wildman–Crippen MR) is 114 cm³/mol. The van der Waals surface area contributed by atoms with Crippen LogP contribution in [0.4, 0.5) is 5.95 Å². The zero-order valence-electron chi connectivity index (χ0n) is 16.5. The van der Waals surface area contributed by atoms with E-state index in [0.29, 0.717) is 28.5 Å². The minimum atomic E-state index is -4.02. The number of aryl methyl sites for hydroxylation is 1. The van der Waals surface area contributed by atoms with Gasteiger partial charge in [0.25, 0.3) is 15.6 Å². The number of rotatable bonds is 7. The Morgan fingerprint density at radius 3 is 2.47 bits per heavy atom. The summed E-state index contributed by atoms with van der Waals surface area (Å²) in [6.07, 6.45) is 0.317. The molecular weight excluding hydrogens is 430 g/mol. The molecule has 0 bridgehead atoms. The lowest BCUT2D eigenvalue weighted by Crippen LogP contribution is -2.22. The Morgan fingerprint density at radius 2 is 1.83 bits per heavy atom. The quantitative estimate of drug-likeness (QED) is 0.573. The number of hydrogen-bond donors (Lipinski definition) is 2. The van der Waals surface area contributed by atoms with E-state index in [-0.39, 0.29) is 16.6 Å². The first-order valence-electron chi connectivity index (χ1n) is 8.82. The van der Waals surface area contributed by atoms with Crippen LogP contribution in [0, 0.1) is 6.92 Å². The van der Waals surface area contributed by atoms with Gasteiger partial charge in [0.1, 0.15) is 0 Å². The Hall–Kier alpha value is -3.04. The van der Waals surface area contributed by atoms with Gasteiger partial charge in [-0.25, -0.2) is 18.1 Å². The van der Waals surface area contributed by atoms with Crippen molar-refractivity contribution in [3.63, 3.8) is 0 Å². The second-order valence-corrected chi connectivity index (χ2v) is 8.53. The van der Waals surface area contributed by atoms with E-state index in [2.05, 4.69) is 14.7 Å². The maximum absolute atomic E-state index is 12.7. The molecule has 0 aliphatic heterocycles. The molecule has 0 unspecified atom stereocenters. The van der Waals surface area contributed by atoms with Gasteiger partial charge in [0.15, 0.2) is 11.5 Å². The molecule has 0 aliphatic carbocycles. The standard InChI is InChI=1S/C20H20ClN3O5S/c1-12-16(10-13-5-4-6-14(21)9-13)19(25)23-20(22-12)24-30(26,27)15-7-8-17(28-2)18(11-15)29-3/h4-9,11H,10H2,1-3H3,(H2,22,23,24,25). The molecule has 2 aromatic carbocycles. The number of sulfonamides is 1. The fourth-order valence-electron chi connectivity index (χ4n) is 2.89. The number of anilines is 1. The van der Waals surface area contributed by atoms with Crippen molar-refractivity contribution in [3.8, 4) is 11.5 Å². The van der Waals surface area contributed by atoms with Crippen molar-refractivity contribution in [2.24, 2.45) is 0 Å². The molecule has 0 radical (unpaired) electrons. The molecule has 158 valence electrons. The highest BCUT2D eigenvalue weighted by molar-refractivity contribution is 7.92. The van der Waals surface area contributed by atoms with Gasteiger partial charge in [-0.3, -0.25) is 9.78 Å². The topological polar surface area (TPSA) is 110 Å². The molecule has 3 aromatic rings. The van der Waals surface area contributed by atoms with Crippen molar-refractivity contribution in [1.82, 2.24) is 9.97 Å². The maximum atomic E-state index is 12.7. The number of nitrogens with one attached hydrogen (secondary N) is 2. The smallest absolute Gasteiger partial charge is 0.264 e. The first-order chi connectivity index (χ1) is 14.2. The van der Waals surface area contributed by atoms with Gasteiger partial charge >= 0.3 is 0 Å². The van der Waals surface area contributed by atoms with E-state index in [1.807, 2.05) is 6.07 Å². The molecule has 0 spiro atoms. The van der Waals surface area contributed by atoms with E-state index >= 15 is 0 Å². The fraction of sp³-hybridized carbons (Fsp3) is 0.200. The van der Waals surface area contributed by atoms with E-state index in [1.54, 1.807) is 25.1 Å². The van der Waals surface area contributed by atoms with E-state index in [0.717, 1.165) is 5.56 Å². The molecular formula is C20H20ClN3O5S. The lowest BCUT2D eigenvalue weighted by Gasteiger charge is -2.12. The van der Waals surface area contributed by atoms with E-state index in [9.17, 15) is 13.2 Å². The molecule has 10 heteroatoms. The summed E-state index contributed by atoms with van der Waals surface area (Å²) in [6.45, 7) is 1.64. The van der Waals surface area contributed by atoms with Crippen molar-refractivity contribution in [2.45, 2.75) is 18.2 Å². The Bertz CT molecular complexity index is 1240. The average Bonchev–Trinajstić information content (AvgIpc) is 2.70. The summed E-state index contributed by atoms with van der Waals surface area (Å²) in [6, 6.07) is 11.3. The molecule has 0 fully saturated rings. The van der Waals surface area contributed by atoms with Crippen molar-refractivity contribution >= 4 is 27.6 Å². The monoisotopic (exact) mass is 449 g/mol. The summed E-state index contributed by atoms with van der Waals surface area (Å²) in [5.74, 6) is 0.473. The molecule has 3 rings (SSSR count). The number of halogens is 1. The minimum absolute atomic E-state index is 0.0662. The van der Waals surface area contributed by atoms with Crippen LogP contribution < -0.4 is 19.8 Å². The van der Waals surface area contributed by atoms with Crippen LogP contribution in [0.2, 0.25) is 5.02 Å². The fourth-order valence-corrected chi connectivity index (χ4v) is 4.08. The third-order valence-corrected chi connectivity index (χ3v) is 5.96. The normalized spacial score (nSPS) is 11.2. The van der Waals surface area contributed by atoms with Crippen molar-refractivity contribution in [2.75, 3.05) is 18.9 Å². The highest BCUT2D eigenvalue weighted by atomic mass is 35.5. The Kier molecular flexibility index (Phi) is 6.33. The zero-order valence-corrected chi connectivity index (χ0v) is 18.1. The van der Waals surface area contributed by atoms with Gasteiger partial charge in [-0.05, 0) is 36.8 Å². The van der Waals surface area contributed by atoms with Crippen LogP contribution in [0.5, 0.6) is 11.5 Å². The van der Waals surface area contributed by atoms with Gasteiger partial charge in [-0.2, -0.15) is 0 Å². The third-order valence-electron chi connectivity index (χ3n) is 4.39. The van der Waals surface area contributed by atoms with Crippen LogP contribution in [0.3, 0.4) is 0 Å². The molecule has 0 aliphatic rings. The predicted octanol–water partition coefficient (Wildman–Crippen LogP) is 3.14. The summed E-state index contributed by atoms with van der Waals surface area (Å²) in [5, 5.41) is 0.564. The van der Waals surface area contributed by atoms with Crippen molar-refractivity contribution < 1.29 is 17.9 Å². The van der Waals surface area contributed by atoms with Crippen LogP contribution >= 0.6 is 11.6 Å². The molecule has 30 heavy (non-hydrogen) atoms. The molecule has 1 heterocycles. The number of benzene rings is 2. The van der Waals surface area contributed by atoms with Gasteiger partial charge < -0.3 is 9.47 Å². The van der Waals surface area contributed by atoms with Crippen LogP contribution in [-0.4, -0.2) is 32.6 Å². The van der Waals surface area contributed by atoms with Crippen molar-refractivity contribution in [3.05, 3.63) is 74.7 Å². The summed E-state index contributed by atoms with van der Waals surface area (Å²) >= 11 is 5.99. The number of hydrogen-bond acceptors (Lipinski definition) is 6. The van der Waals surface area contributed by atoms with Crippen LogP contribution in [0.15, 0.2) is 52.2 Å². The van der Waals surface area contributed by atoms with Gasteiger partial charge in [-0.15, -0.1) is 0 Å². The molecule has 1 aromatic heterocycles. The Balaban J connectivity index is 1.89. The average molecular weight is 450 g/mol. The second kappa shape index (κ2) is 8.76. The van der Waals surface area contributed by atoms with Crippen LogP contribution in [-0.2, 0) is 16.4 Å². The highest BCUT2D eigenvalue weighted by Crippen LogP contribution is 2.29. The Morgan fingerprint density at radius 1 is 1.10 bits per heavy atom. The second-order valence-electron chi connectivity index (χ2n) is 6.41. The zero-order chi connectivity index (χ0) is 21.9. The molecule has 0 saturated carbocycles. The van der Waals surface area contributed by atoms with E-state index in [4.69, 9.17) is 21.1 Å². The lowest BCUT2D eigenvalue weighted by atomic mass is 10.1. The molecule has 0 atom stereocenters. The number of nitrogens with zero attached hydrogens (tertiary/aromatic N) is 1. The molecule has 8 nitrogen and oxygen atoms in total. The maximum Gasteiger partial charge on any atom is 0.264 e. The first-order valence-corrected chi connectivity index (χ1v) is 10.7. The Labute approximate surface area is 178 Å². The summed E-state index contributed by atoms with van der Waals surface area (Å²) in [7, 11) is -1.16. The largest absolute Gasteiger partial charge is 0.493 e. The van der Waals surface area contributed by atoms with Gasteiger partial charge in [0.05, 0.1) is 24.8 Å². The number of H-pyrrole nitrogens is 1. The highest BCUT2D eigenvalue weighted by Gasteiger charge is 2.19. The lowest BCUT2D eigenvalue weighted by molar-refractivity contribution is 0.354. The first kappa shape index (κ1) is 21.7. The van der Waals surface area contributed by atoms with Crippen LogP contribution in [0.25, 0.3) is 0 Å². The summed E-state index contributed by atoms with van der Waals surface area (Å²) < 4.78 is 38.0. The summed E-state index contributed by atoms with van der Waals surface area (Å²) in [5.41, 5.74) is 1.24. The van der Waals surface area contributed by atoms with E-state index in [1.165, 1.54) is 32.4 Å². The molecule has 0 amide bonds. The van der Waals surface area contributed by atoms with E-state index < -0.39 is 15.6 Å². The van der Waals surface area contributed by atoms with Crippen molar-refractivity contribution in [1.29, 1.82) is 0 Å². The molecule has 2 N–H and O–H groups in total. The molecule has 0 saturated heterocycles. The summed E-state index contributed by atoms with van der Waals surface area (Å²) in [4.78, 5) is 19.2. The number of ether oxygens (including phenoxy) is 2. The third kappa shape index (κ3) is 4.74. The van der Waals surface area contributed by atoms with Gasteiger partial charge in [0, 0.05) is 23.1 Å². The number of aromatic nitrogens is 2.